The number of carbonyl (C=O) groups is 1. The van der Waals surface area contributed by atoms with E-state index in [1.165, 1.54) is 5.69 Å². The quantitative estimate of drug-likeness (QED) is 0.682. The molecule has 2 aromatic rings. The molecule has 1 fully saturated rings. The van der Waals surface area contributed by atoms with Crippen molar-refractivity contribution in [2.45, 2.75) is 26.7 Å². The molecule has 1 aliphatic heterocycles. The summed E-state index contributed by atoms with van der Waals surface area (Å²) in [7, 11) is 1.67. The highest BCUT2D eigenvalue weighted by Gasteiger charge is 2.22. The fourth-order valence-electron chi connectivity index (χ4n) is 4.03. The Morgan fingerprint density at radius 1 is 1.10 bits per heavy atom. The van der Waals surface area contributed by atoms with Gasteiger partial charge >= 0.3 is 0 Å². The second kappa shape index (κ2) is 10.8. The van der Waals surface area contributed by atoms with E-state index in [2.05, 4.69) is 28.0 Å². The molecular formula is C25H32N4O2. The lowest BCUT2D eigenvalue weighted by atomic mass is 10.1. The van der Waals surface area contributed by atoms with E-state index < -0.39 is 0 Å². The Bertz CT molecular complexity index is 920. The number of hydrogen-bond donors (Lipinski definition) is 0. The average molecular weight is 421 g/mol. The molecule has 0 spiro atoms. The number of ether oxygens (including phenoxy) is 1. The lowest BCUT2D eigenvalue weighted by molar-refractivity contribution is -0.119. The van der Waals surface area contributed by atoms with E-state index in [1.807, 2.05) is 44.2 Å². The number of nitrogens with zero attached hydrogens (tertiary/aromatic N) is 4. The third-order valence-corrected chi connectivity index (χ3v) is 6.00. The highest BCUT2D eigenvalue weighted by molar-refractivity contribution is 5.95. The number of hydrogen-bond acceptors (Lipinski definition) is 5. The Kier molecular flexibility index (Phi) is 7.91. The lowest BCUT2D eigenvalue weighted by Gasteiger charge is -2.28. The minimum atomic E-state index is 0.0573. The van der Waals surface area contributed by atoms with Crippen LogP contribution in [0.15, 0.2) is 42.5 Å². The molecule has 164 valence electrons. The highest BCUT2D eigenvalue weighted by atomic mass is 16.5. The van der Waals surface area contributed by atoms with Gasteiger partial charge in [0.1, 0.15) is 5.75 Å². The fraction of sp³-hybridized carbons (Fsp3) is 0.440. The second-order valence-corrected chi connectivity index (χ2v) is 7.99. The third kappa shape index (κ3) is 5.77. The normalized spacial score (nSPS) is 14.6. The molecule has 6 heteroatoms. The number of aryl methyl sites for hydroxylation is 1. The summed E-state index contributed by atoms with van der Waals surface area (Å²) in [5.41, 5.74) is 4.34. The van der Waals surface area contributed by atoms with E-state index >= 15 is 0 Å². The van der Waals surface area contributed by atoms with Gasteiger partial charge in [-0.15, -0.1) is 0 Å². The maximum absolute atomic E-state index is 13.3. The van der Waals surface area contributed by atoms with Crippen LogP contribution < -0.4 is 14.5 Å². The number of benzene rings is 2. The largest absolute Gasteiger partial charge is 0.497 e. The summed E-state index contributed by atoms with van der Waals surface area (Å²) >= 11 is 0. The van der Waals surface area contributed by atoms with Gasteiger partial charge in [0.25, 0.3) is 0 Å². The molecule has 1 saturated heterocycles. The highest BCUT2D eigenvalue weighted by Crippen LogP contribution is 2.24. The summed E-state index contributed by atoms with van der Waals surface area (Å²) < 4.78 is 5.26. The molecule has 3 rings (SSSR count). The van der Waals surface area contributed by atoms with Crippen molar-refractivity contribution in [3.05, 3.63) is 53.6 Å². The molecule has 0 aliphatic carbocycles. The first-order valence-electron chi connectivity index (χ1n) is 10.9. The number of carbonyl (C=O) groups excluding carboxylic acids is 1. The lowest BCUT2D eigenvalue weighted by Crippen LogP contribution is -2.42. The molecular weight excluding hydrogens is 388 g/mol. The Hall–Kier alpha value is -3.04. The minimum absolute atomic E-state index is 0.0573. The van der Waals surface area contributed by atoms with Crippen molar-refractivity contribution in [3.8, 4) is 11.8 Å². The van der Waals surface area contributed by atoms with E-state index in [4.69, 9.17) is 10.00 Å². The van der Waals surface area contributed by atoms with Crippen molar-refractivity contribution in [1.29, 1.82) is 5.26 Å². The number of rotatable bonds is 7. The van der Waals surface area contributed by atoms with Crippen molar-refractivity contribution >= 4 is 17.3 Å². The minimum Gasteiger partial charge on any atom is -0.497 e. The van der Waals surface area contributed by atoms with Crippen LogP contribution >= 0.6 is 0 Å². The molecule has 2 aromatic carbocycles. The maximum Gasteiger partial charge on any atom is 0.241 e. The summed E-state index contributed by atoms with van der Waals surface area (Å²) in [6.07, 6.45) is 1.32. The van der Waals surface area contributed by atoms with Crippen LogP contribution in [-0.2, 0) is 4.79 Å². The summed E-state index contributed by atoms with van der Waals surface area (Å²) in [6.45, 7) is 8.44. The molecule has 1 aliphatic rings. The first-order chi connectivity index (χ1) is 15.0. The van der Waals surface area contributed by atoms with Gasteiger partial charge in [0.2, 0.25) is 5.91 Å². The van der Waals surface area contributed by atoms with Crippen LogP contribution in [0.3, 0.4) is 0 Å². The molecule has 6 nitrogen and oxygen atoms in total. The third-order valence-electron chi connectivity index (χ3n) is 6.00. The van der Waals surface area contributed by atoms with E-state index in [1.54, 1.807) is 12.0 Å². The van der Waals surface area contributed by atoms with Gasteiger partial charge in [0.05, 0.1) is 26.1 Å². The van der Waals surface area contributed by atoms with Gasteiger partial charge in [-0.05, 0) is 61.7 Å². The van der Waals surface area contributed by atoms with E-state index in [9.17, 15) is 4.79 Å². The SMILES string of the molecule is COc1ccc(N2CCCN(CC(=O)N(CCC#N)c3cccc(C)c3C)CC2)cc1. The van der Waals surface area contributed by atoms with Crippen LogP contribution in [0.4, 0.5) is 11.4 Å². The Morgan fingerprint density at radius 3 is 2.58 bits per heavy atom. The topological polar surface area (TPSA) is 59.8 Å². The van der Waals surface area contributed by atoms with Crippen LogP contribution in [0.2, 0.25) is 0 Å². The van der Waals surface area contributed by atoms with Gasteiger partial charge in [0, 0.05) is 44.1 Å². The molecule has 0 N–H and O–H groups in total. The molecule has 0 aromatic heterocycles. The van der Waals surface area contributed by atoms with Crippen LogP contribution in [-0.4, -0.2) is 57.2 Å². The average Bonchev–Trinajstić information content (AvgIpc) is 3.02. The van der Waals surface area contributed by atoms with Gasteiger partial charge in [-0.25, -0.2) is 0 Å². The standard InChI is InChI=1S/C25H32N4O2/c1-20-7-4-8-24(21(20)2)29(16-5-13-26)25(30)19-27-14-6-15-28(18-17-27)22-9-11-23(31-3)12-10-22/h4,7-12H,5-6,14-19H2,1-3H3. The van der Waals surface area contributed by atoms with Gasteiger partial charge in [-0.1, -0.05) is 12.1 Å². The molecule has 1 heterocycles. The Balaban J connectivity index is 1.66. The number of methoxy groups -OCH3 is 1. The summed E-state index contributed by atoms with van der Waals surface area (Å²) in [5, 5.41) is 9.08. The zero-order chi connectivity index (χ0) is 22.2. The van der Waals surface area contributed by atoms with Crippen LogP contribution in [0.25, 0.3) is 0 Å². The zero-order valence-electron chi connectivity index (χ0n) is 18.8. The second-order valence-electron chi connectivity index (χ2n) is 7.99. The molecule has 31 heavy (non-hydrogen) atoms. The smallest absolute Gasteiger partial charge is 0.241 e. The van der Waals surface area contributed by atoms with Crippen molar-refractivity contribution in [1.82, 2.24) is 4.90 Å². The number of anilines is 2. The van der Waals surface area contributed by atoms with Gasteiger partial charge in [-0.3, -0.25) is 9.69 Å². The summed E-state index contributed by atoms with van der Waals surface area (Å²) in [4.78, 5) is 19.6. The maximum atomic E-state index is 13.3. The first-order valence-corrected chi connectivity index (χ1v) is 10.9. The summed E-state index contributed by atoms with van der Waals surface area (Å²) in [6, 6.07) is 16.3. The molecule has 0 unspecified atom stereocenters. The predicted molar refractivity (Wildman–Crippen MR) is 125 cm³/mol. The van der Waals surface area contributed by atoms with Gasteiger partial charge < -0.3 is 14.5 Å². The molecule has 0 radical (unpaired) electrons. The van der Waals surface area contributed by atoms with Crippen LogP contribution in [0.5, 0.6) is 5.75 Å². The molecule has 0 bridgehead atoms. The van der Waals surface area contributed by atoms with Crippen molar-refractivity contribution in [2.75, 3.05) is 56.2 Å². The summed E-state index contributed by atoms with van der Waals surface area (Å²) in [5.74, 6) is 0.913. The van der Waals surface area contributed by atoms with Crippen molar-refractivity contribution in [2.24, 2.45) is 0 Å². The molecule has 1 amide bonds. The first kappa shape index (κ1) is 22.6. The van der Waals surface area contributed by atoms with E-state index in [-0.39, 0.29) is 5.91 Å². The van der Waals surface area contributed by atoms with Crippen LogP contribution in [0.1, 0.15) is 24.0 Å². The number of nitriles is 1. The van der Waals surface area contributed by atoms with Gasteiger partial charge in [-0.2, -0.15) is 5.26 Å². The zero-order valence-corrected chi connectivity index (χ0v) is 18.8. The Morgan fingerprint density at radius 2 is 1.87 bits per heavy atom. The van der Waals surface area contributed by atoms with E-state index in [0.717, 1.165) is 55.2 Å². The Labute approximate surface area is 185 Å². The van der Waals surface area contributed by atoms with Gasteiger partial charge in [0.15, 0.2) is 0 Å². The van der Waals surface area contributed by atoms with E-state index in [0.29, 0.717) is 19.5 Å². The van der Waals surface area contributed by atoms with Crippen molar-refractivity contribution in [3.63, 3.8) is 0 Å². The number of amides is 1. The fourth-order valence-corrected chi connectivity index (χ4v) is 4.03. The predicted octanol–water partition coefficient (Wildman–Crippen LogP) is 3.77. The monoisotopic (exact) mass is 420 g/mol. The molecule has 0 saturated carbocycles. The van der Waals surface area contributed by atoms with Crippen LogP contribution in [0, 0.1) is 25.2 Å². The molecule has 0 atom stereocenters. The van der Waals surface area contributed by atoms with Crippen molar-refractivity contribution < 1.29 is 9.53 Å².